The smallest absolute Gasteiger partial charge is 0.316 e. The Morgan fingerprint density at radius 3 is 2.40 bits per heavy atom. The molecule has 0 N–H and O–H groups in total. The van der Waals surface area contributed by atoms with Gasteiger partial charge in [0.05, 0.1) is 19.6 Å². The molecule has 1 unspecified atom stereocenters. The molecule has 1 atom stereocenters. The third-order valence-corrected chi connectivity index (χ3v) is 2.26. The van der Waals surface area contributed by atoms with E-state index in [0.717, 1.165) is 0 Å². The Hall–Kier alpha value is -1.57. The first-order valence-electron chi connectivity index (χ1n) is 4.61. The van der Waals surface area contributed by atoms with Gasteiger partial charge in [0, 0.05) is 6.92 Å². The number of hydrogen-bond acceptors (Lipinski definition) is 5. The molecule has 0 aliphatic heterocycles. The van der Waals surface area contributed by atoms with Gasteiger partial charge in [-0.3, -0.25) is 9.59 Å². The zero-order valence-corrected chi connectivity index (χ0v) is 9.20. The van der Waals surface area contributed by atoms with Crippen molar-refractivity contribution in [2.24, 2.45) is 5.41 Å². The lowest BCUT2D eigenvalue weighted by atomic mass is 9.83. The van der Waals surface area contributed by atoms with Gasteiger partial charge in [0.25, 0.3) is 0 Å². The predicted octanol–water partition coefficient (Wildman–Crippen LogP) is 1.03. The van der Waals surface area contributed by atoms with Gasteiger partial charge in [0.15, 0.2) is 0 Å². The molecule has 0 radical (unpaired) electrons. The van der Waals surface area contributed by atoms with E-state index in [-0.39, 0.29) is 13.0 Å². The maximum Gasteiger partial charge on any atom is 0.316 e. The molecule has 5 nitrogen and oxygen atoms in total. The van der Waals surface area contributed by atoms with Crippen LogP contribution in [0.4, 0.5) is 0 Å². The number of methoxy groups -OCH3 is 1. The second-order valence-electron chi connectivity index (χ2n) is 3.24. The van der Waals surface area contributed by atoms with Crippen molar-refractivity contribution in [1.82, 2.24) is 0 Å². The average molecular weight is 213 g/mol. The SMILES string of the molecule is CCC(CC#N)(COC(C)=O)C(=O)OC. The highest BCUT2D eigenvalue weighted by molar-refractivity contribution is 5.77. The van der Waals surface area contributed by atoms with Crippen LogP contribution in [0.5, 0.6) is 0 Å². The van der Waals surface area contributed by atoms with Crippen molar-refractivity contribution in [3.05, 3.63) is 0 Å². The number of nitriles is 1. The minimum Gasteiger partial charge on any atom is -0.468 e. The van der Waals surface area contributed by atoms with Crippen molar-refractivity contribution in [3.63, 3.8) is 0 Å². The first-order chi connectivity index (χ1) is 7.02. The largest absolute Gasteiger partial charge is 0.468 e. The van der Waals surface area contributed by atoms with E-state index in [1.807, 2.05) is 6.07 Å². The molecule has 0 aromatic heterocycles. The minimum atomic E-state index is -1.03. The van der Waals surface area contributed by atoms with Crippen LogP contribution >= 0.6 is 0 Å². The van der Waals surface area contributed by atoms with Crippen molar-refractivity contribution < 1.29 is 19.1 Å². The highest BCUT2D eigenvalue weighted by atomic mass is 16.5. The molecule has 0 aliphatic carbocycles. The maximum absolute atomic E-state index is 11.5. The fourth-order valence-electron chi connectivity index (χ4n) is 1.16. The van der Waals surface area contributed by atoms with E-state index in [2.05, 4.69) is 4.74 Å². The van der Waals surface area contributed by atoms with Gasteiger partial charge in [-0.05, 0) is 6.42 Å². The number of esters is 2. The Balaban J connectivity index is 4.73. The number of carbonyl (C=O) groups excluding carboxylic acids is 2. The molecule has 15 heavy (non-hydrogen) atoms. The second-order valence-corrected chi connectivity index (χ2v) is 3.24. The highest BCUT2D eigenvalue weighted by Crippen LogP contribution is 2.28. The van der Waals surface area contributed by atoms with Gasteiger partial charge in [-0.1, -0.05) is 6.92 Å². The number of nitrogens with zero attached hydrogens (tertiary/aromatic N) is 1. The highest BCUT2D eigenvalue weighted by Gasteiger charge is 2.39. The van der Waals surface area contributed by atoms with E-state index in [4.69, 9.17) is 10.00 Å². The lowest BCUT2D eigenvalue weighted by molar-refractivity contribution is -0.161. The molecule has 0 saturated heterocycles. The van der Waals surface area contributed by atoms with Crippen LogP contribution in [-0.4, -0.2) is 25.7 Å². The summed E-state index contributed by atoms with van der Waals surface area (Å²) < 4.78 is 9.39. The minimum absolute atomic E-state index is 0.0244. The molecule has 0 amide bonds. The molecular formula is C10H15NO4. The van der Waals surface area contributed by atoms with Gasteiger partial charge >= 0.3 is 11.9 Å². The van der Waals surface area contributed by atoms with Gasteiger partial charge in [-0.25, -0.2) is 0 Å². The topological polar surface area (TPSA) is 76.4 Å². The summed E-state index contributed by atoms with van der Waals surface area (Å²) in [5, 5.41) is 8.64. The van der Waals surface area contributed by atoms with Crippen molar-refractivity contribution >= 4 is 11.9 Å². The molecule has 0 aromatic carbocycles. The molecule has 0 bridgehead atoms. The van der Waals surface area contributed by atoms with Crippen molar-refractivity contribution in [1.29, 1.82) is 5.26 Å². The number of rotatable bonds is 5. The Kier molecular flexibility index (Phi) is 5.39. The lowest BCUT2D eigenvalue weighted by Crippen LogP contribution is -2.36. The Morgan fingerprint density at radius 2 is 2.07 bits per heavy atom. The molecule has 0 rings (SSSR count). The van der Waals surface area contributed by atoms with Crippen LogP contribution in [0.2, 0.25) is 0 Å². The number of carbonyl (C=O) groups is 2. The summed E-state index contributed by atoms with van der Waals surface area (Å²) in [6, 6.07) is 1.91. The van der Waals surface area contributed by atoms with E-state index < -0.39 is 17.4 Å². The van der Waals surface area contributed by atoms with Crippen molar-refractivity contribution in [2.75, 3.05) is 13.7 Å². The molecule has 0 aromatic rings. The van der Waals surface area contributed by atoms with E-state index in [1.54, 1.807) is 6.92 Å². The number of ether oxygens (including phenoxy) is 2. The van der Waals surface area contributed by atoms with Crippen LogP contribution in [0.25, 0.3) is 0 Å². The van der Waals surface area contributed by atoms with Crippen LogP contribution in [0.1, 0.15) is 26.7 Å². The standard InChI is InChI=1S/C10H15NO4/c1-4-10(5-6-11,9(13)14-3)7-15-8(2)12/h4-5,7H2,1-3H3. The molecule has 0 saturated carbocycles. The fraction of sp³-hybridized carbons (Fsp3) is 0.700. The van der Waals surface area contributed by atoms with E-state index in [1.165, 1.54) is 14.0 Å². The molecular weight excluding hydrogens is 198 g/mol. The van der Waals surface area contributed by atoms with Gasteiger partial charge in [-0.15, -0.1) is 0 Å². The maximum atomic E-state index is 11.5. The predicted molar refractivity (Wildman–Crippen MR) is 51.6 cm³/mol. The van der Waals surface area contributed by atoms with Gasteiger partial charge in [0.1, 0.15) is 12.0 Å². The summed E-state index contributed by atoms with van der Waals surface area (Å²) in [4.78, 5) is 22.2. The monoisotopic (exact) mass is 213 g/mol. The molecule has 84 valence electrons. The first-order valence-corrected chi connectivity index (χ1v) is 4.61. The Morgan fingerprint density at radius 1 is 1.47 bits per heavy atom. The fourth-order valence-corrected chi connectivity index (χ4v) is 1.16. The Bertz CT molecular complexity index is 282. The van der Waals surface area contributed by atoms with E-state index in [0.29, 0.717) is 6.42 Å². The third kappa shape index (κ3) is 3.58. The van der Waals surface area contributed by atoms with E-state index in [9.17, 15) is 9.59 Å². The number of hydrogen-bond donors (Lipinski definition) is 0. The van der Waals surface area contributed by atoms with Crippen LogP contribution in [-0.2, 0) is 19.1 Å². The zero-order valence-electron chi connectivity index (χ0n) is 9.20. The normalized spacial score (nSPS) is 13.5. The van der Waals surface area contributed by atoms with Gasteiger partial charge in [0.2, 0.25) is 0 Å². The summed E-state index contributed by atoms with van der Waals surface area (Å²) in [6.07, 6.45) is 0.365. The van der Waals surface area contributed by atoms with Gasteiger partial charge < -0.3 is 9.47 Å². The lowest BCUT2D eigenvalue weighted by Gasteiger charge is -2.26. The van der Waals surface area contributed by atoms with Crippen molar-refractivity contribution in [2.45, 2.75) is 26.7 Å². The summed E-state index contributed by atoms with van der Waals surface area (Å²) in [7, 11) is 1.25. The molecule has 0 spiro atoms. The summed E-state index contributed by atoms with van der Waals surface area (Å²) in [5.41, 5.74) is -1.03. The Labute approximate surface area is 89.0 Å². The third-order valence-electron chi connectivity index (χ3n) is 2.26. The van der Waals surface area contributed by atoms with Crippen LogP contribution < -0.4 is 0 Å². The zero-order chi connectivity index (χ0) is 11.9. The van der Waals surface area contributed by atoms with Crippen LogP contribution in [0, 0.1) is 16.7 Å². The quantitative estimate of drug-likeness (QED) is 0.637. The average Bonchev–Trinajstić information content (AvgIpc) is 2.23. The second kappa shape index (κ2) is 6.02. The van der Waals surface area contributed by atoms with E-state index >= 15 is 0 Å². The first kappa shape index (κ1) is 13.4. The summed E-state index contributed by atoms with van der Waals surface area (Å²) >= 11 is 0. The summed E-state index contributed by atoms with van der Waals surface area (Å²) in [5.74, 6) is -0.998. The molecule has 0 heterocycles. The molecule has 0 fully saturated rings. The van der Waals surface area contributed by atoms with Crippen molar-refractivity contribution in [3.8, 4) is 6.07 Å². The van der Waals surface area contributed by atoms with Crippen LogP contribution in [0.3, 0.4) is 0 Å². The van der Waals surface area contributed by atoms with Gasteiger partial charge in [-0.2, -0.15) is 5.26 Å². The molecule has 5 heteroatoms. The molecule has 0 aliphatic rings. The van der Waals surface area contributed by atoms with Crippen LogP contribution in [0.15, 0.2) is 0 Å². The summed E-state index contributed by atoms with van der Waals surface area (Å²) in [6.45, 7) is 2.89.